The Balaban J connectivity index is 0.000000446. The third kappa shape index (κ3) is 8.81. The van der Waals surface area contributed by atoms with E-state index in [-0.39, 0.29) is 10.9 Å². The maximum absolute atomic E-state index is 11.2. The lowest BCUT2D eigenvalue weighted by atomic mass is 10.2. The standard InChI is InChI=1S/C10H20NO2.C7H8O3S/c1-6-11(4,5)8-9(3)10(12)13-7-2;1-6-2-4-7(5-3-6)11(8,9)10/h3,6-8H2,1-2,4-5H3;2-5H,1H3,(H,8,9,10)/q+1;/p-1. The lowest BCUT2D eigenvalue weighted by Gasteiger charge is -2.28. The van der Waals surface area contributed by atoms with Crippen LogP contribution in [0.15, 0.2) is 41.3 Å². The van der Waals surface area contributed by atoms with Gasteiger partial charge < -0.3 is 13.8 Å². The molecule has 0 N–H and O–H groups in total. The summed E-state index contributed by atoms with van der Waals surface area (Å²) in [4.78, 5) is 11.0. The summed E-state index contributed by atoms with van der Waals surface area (Å²) in [5.41, 5.74) is 1.48. The van der Waals surface area contributed by atoms with Gasteiger partial charge in [-0.1, -0.05) is 24.3 Å². The highest BCUT2D eigenvalue weighted by atomic mass is 32.2. The number of carbonyl (C=O) groups excluding carboxylic acids is 1. The molecular formula is C17H27NO5S. The van der Waals surface area contributed by atoms with E-state index in [1.807, 2.05) is 6.92 Å². The van der Waals surface area contributed by atoms with Gasteiger partial charge in [-0.05, 0) is 32.9 Å². The average molecular weight is 357 g/mol. The molecule has 0 saturated heterocycles. The van der Waals surface area contributed by atoms with Crippen LogP contribution in [0.5, 0.6) is 0 Å². The lowest BCUT2D eigenvalue weighted by molar-refractivity contribution is -0.883. The molecule has 0 bridgehead atoms. The summed E-state index contributed by atoms with van der Waals surface area (Å²) >= 11 is 0. The zero-order valence-corrected chi connectivity index (χ0v) is 15.9. The maximum atomic E-state index is 11.2. The van der Waals surface area contributed by atoms with Crippen molar-refractivity contribution in [3.63, 3.8) is 0 Å². The van der Waals surface area contributed by atoms with Gasteiger partial charge in [0.15, 0.2) is 0 Å². The van der Waals surface area contributed by atoms with Crippen LogP contribution >= 0.6 is 0 Å². The number of ether oxygens (including phenoxy) is 1. The van der Waals surface area contributed by atoms with Crippen molar-refractivity contribution in [1.82, 2.24) is 0 Å². The number of likely N-dealkylation sites (N-methyl/N-ethyl adjacent to an activating group) is 1. The van der Waals surface area contributed by atoms with E-state index in [0.29, 0.717) is 18.7 Å². The molecule has 0 aromatic heterocycles. The average Bonchev–Trinajstić information content (AvgIpc) is 2.47. The molecule has 1 aromatic rings. The van der Waals surface area contributed by atoms with Crippen molar-refractivity contribution in [3.8, 4) is 0 Å². The third-order valence-electron chi connectivity index (χ3n) is 3.35. The second-order valence-corrected chi connectivity index (χ2v) is 7.38. The summed E-state index contributed by atoms with van der Waals surface area (Å²) in [7, 11) is -0.150. The first-order chi connectivity index (χ1) is 10.9. The fraction of sp³-hybridized carbons (Fsp3) is 0.471. The first kappa shape index (κ1) is 22.3. The number of hydrogen-bond acceptors (Lipinski definition) is 5. The van der Waals surface area contributed by atoms with Crippen molar-refractivity contribution in [2.45, 2.75) is 25.7 Å². The molecule has 0 aliphatic carbocycles. The fourth-order valence-corrected chi connectivity index (χ4v) is 2.10. The molecule has 6 nitrogen and oxygen atoms in total. The van der Waals surface area contributed by atoms with Crippen LogP contribution in [0.2, 0.25) is 0 Å². The molecule has 1 aromatic carbocycles. The van der Waals surface area contributed by atoms with Crippen LogP contribution in [-0.2, 0) is 19.6 Å². The van der Waals surface area contributed by atoms with Crippen LogP contribution in [0.4, 0.5) is 0 Å². The second kappa shape index (κ2) is 9.56. The minimum Gasteiger partial charge on any atom is -0.744 e. The minimum absolute atomic E-state index is 0.178. The Bertz CT molecular complexity index is 648. The summed E-state index contributed by atoms with van der Waals surface area (Å²) in [6.07, 6.45) is 0. The molecule has 1 rings (SSSR count). The Morgan fingerprint density at radius 2 is 1.71 bits per heavy atom. The predicted molar refractivity (Wildman–Crippen MR) is 92.4 cm³/mol. The highest BCUT2D eigenvalue weighted by Crippen LogP contribution is 2.08. The first-order valence-electron chi connectivity index (χ1n) is 7.62. The molecule has 0 spiro atoms. The Morgan fingerprint density at radius 3 is 2.08 bits per heavy atom. The molecule has 24 heavy (non-hydrogen) atoms. The van der Waals surface area contributed by atoms with Gasteiger partial charge >= 0.3 is 5.97 Å². The van der Waals surface area contributed by atoms with Crippen LogP contribution in [0, 0.1) is 6.92 Å². The normalized spacial score (nSPS) is 11.2. The molecule has 0 radical (unpaired) electrons. The van der Waals surface area contributed by atoms with Gasteiger partial charge in [-0.25, -0.2) is 13.2 Å². The molecule has 0 amide bonds. The number of quaternary nitrogens is 1. The summed E-state index contributed by atoms with van der Waals surface area (Å²) in [6, 6.07) is 5.78. The first-order valence-corrected chi connectivity index (χ1v) is 9.03. The van der Waals surface area contributed by atoms with Crippen molar-refractivity contribution in [2.75, 3.05) is 33.8 Å². The van der Waals surface area contributed by atoms with E-state index in [1.165, 1.54) is 12.1 Å². The van der Waals surface area contributed by atoms with Crippen LogP contribution < -0.4 is 0 Å². The van der Waals surface area contributed by atoms with Crippen LogP contribution in [-0.4, -0.2) is 57.2 Å². The fourth-order valence-electron chi connectivity index (χ4n) is 1.63. The molecule has 0 heterocycles. The molecule has 0 unspecified atom stereocenters. The van der Waals surface area contributed by atoms with E-state index in [0.717, 1.165) is 16.6 Å². The SMILES string of the molecule is C=C(C[N+](C)(C)CC)C(=O)OCC.Cc1ccc(S(=O)(=O)[O-])cc1. The molecular weight excluding hydrogens is 330 g/mol. The third-order valence-corrected chi connectivity index (χ3v) is 4.20. The number of rotatable bonds is 6. The molecule has 0 aliphatic rings. The number of nitrogens with zero attached hydrogens (tertiary/aromatic N) is 1. The number of carbonyl (C=O) groups is 1. The topological polar surface area (TPSA) is 83.5 Å². The van der Waals surface area contributed by atoms with E-state index in [1.54, 1.807) is 19.1 Å². The maximum Gasteiger partial charge on any atom is 0.339 e. The van der Waals surface area contributed by atoms with E-state index in [2.05, 4.69) is 27.6 Å². The van der Waals surface area contributed by atoms with Crippen molar-refractivity contribution in [2.24, 2.45) is 0 Å². The second-order valence-electron chi connectivity index (χ2n) is 6.00. The quantitative estimate of drug-likeness (QED) is 0.337. The van der Waals surface area contributed by atoms with Gasteiger partial charge in [-0.15, -0.1) is 0 Å². The molecule has 0 atom stereocenters. The van der Waals surface area contributed by atoms with Gasteiger partial charge in [0.05, 0.1) is 37.7 Å². The van der Waals surface area contributed by atoms with E-state index in [4.69, 9.17) is 4.74 Å². The zero-order valence-electron chi connectivity index (χ0n) is 15.0. The highest BCUT2D eigenvalue weighted by molar-refractivity contribution is 7.85. The molecule has 136 valence electrons. The Labute approximate surface area is 145 Å². The molecule has 7 heteroatoms. The Hall–Kier alpha value is -1.70. The summed E-state index contributed by atoms with van der Waals surface area (Å²) in [6.45, 7) is 11.4. The van der Waals surface area contributed by atoms with Gasteiger partial charge in [0.25, 0.3) is 0 Å². The number of esters is 1. The van der Waals surface area contributed by atoms with Gasteiger partial charge in [0.1, 0.15) is 16.7 Å². The van der Waals surface area contributed by atoms with Gasteiger partial charge in [0.2, 0.25) is 0 Å². The Morgan fingerprint density at radius 1 is 1.21 bits per heavy atom. The molecule has 0 saturated carbocycles. The van der Waals surface area contributed by atoms with Crippen LogP contribution in [0.25, 0.3) is 0 Å². The van der Waals surface area contributed by atoms with Crippen molar-refractivity contribution in [1.29, 1.82) is 0 Å². The highest BCUT2D eigenvalue weighted by Gasteiger charge is 2.18. The van der Waals surface area contributed by atoms with Crippen LogP contribution in [0.3, 0.4) is 0 Å². The van der Waals surface area contributed by atoms with E-state index < -0.39 is 10.1 Å². The van der Waals surface area contributed by atoms with Gasteiger partial charge in [-0.2, -0.15) is 0 Å². The zero-order chi connectivity index (χ0) is 19.0. The van der Waals surface area contributed by atoms with Crippen molar-refractivity contribution >= 4 is 16.1 Å². The van der Waals surface area contributed by atoms with Crippen LogP contribution in [0.1, 0.15) is 19.4 Å². The summed E-state index contributed by atoms with van der Waals surface area (Å²) < 4.78 is 36.8. The van der Waals surface area contributed by atoms with Crippen molar-refractivity contribution < 1.29 is 27.0 Å². The Kier molecular flexibility index (Phi) is 8.88. The van der Waals surface area contributed by atoms with E-state index in [9.17, 15) is 17.8 Å². The van der Waals surface area contributed by atoms with Gasteiger partial charge in [-0.3, -0.25) is 0 Å². The molecule has 0 aliphatic heterocycles. The number of hydrogen-bond donors (Lipinski definition) is 0. The predicted octanol–water partition coefficient (Wildman–Crippen LogP) is 2.10. The molecule has 0 fully saturated rings. The largest absolute Gasteiger partial charge is 0.744 e. The number of aryl methyl sites for hydroxylation is 1. The summed E-state index contributed by atoms with van der Waals surface area (Å²) in [5, 5.41) is 0. The lowest BCUT2D eigenvalue weighted by Crippen LogP contribution is -2.41. The monoisotopic (exact) mass is 357 g/mol. The van der Waals surface area contributed by atoms with Crippen molar-refractivity contribution in [3.05, 3.63) is 42.0 Å². The summed E-state index contributed by atoms with van der Waals surface area (Å²) in [5.74, 6) is -0.276. The van der Waals surface area contributed by atoms with E-state index >= 15 is 0 Å². The minimum atomic E-state index is -4.27. The number of benzene rings is 1. The smallest absolute Gasteiger partial charge is 0.339 e. The van der Waals surface area contributed by atoms with Gasteiger partial charge in [0, 0.05) is 0 Å².